The fourth-order valence-corrected chi connectivity index (χ4v) is 3.48. The van der Waals surface area contributed by atoms with E-state index in [1.807, 2.05) is 11.0 Å². The number of nitrogens with zero attached hydrogens (tertiary/aromatic N) is 1. The summed E-state index contributed by atoms with van der Waals surface area (Å²) in [5.41, 5.74) is 0.523. The Morgan fingerprint density at radius 1 is 1.24 bits per heavy atom. The van der Waals surface area contributed by atoms with Gasteiger partial charge in [-0.3, -0.25) is 4.79 Å². The summed E-state index contributed by atoms with van der Waals surface area (Å²) in [6, 6.07) is 5.67. The summed E-state index contributed by atoms with van der Waals surface area (Å²) in [6.07, 6.45) is 4.43. The molecule has 1 heterocycles. The number of rotatable bonds is 4. The van der Waals surface area contributed by atoms with Gasteiger partial charge in [0.1, 0.15) is 17.1 Å². The van der Waals surface area contributed by atoms with Crippen LogP contribution in [0.25, 0.3) is 0 Å². The molecule has 1 saturated heterocycles. The maximum atomic E-state index is 13.0. The van der Waals surface area contributed by atoms with Gasteiger partial charge in [0.25, 0.3) is 5.91 Å². The fraction of sp³-hybridized carbons (Fsp3) is 0.562. The number of hydrogen-bond acceptors (Lipinski definition) is 3. The fourth-order valence-electron chi connectivity index (χ4n) is 2.81. The molecule has 116 valence electrons. The van der Waals surface area contributed by atoms with Crippen LogP contribution in [0.15, 0.2) is 18.2 Å². The molecule has 5 heteroatoms. The van der Waals surface area contributed by atoms with Crippen LogP contribution in [-0.2, 0) is 0 Å². The van der Waals surface area contributed by atoms with Crippen molar-refractivity contribution in [2.45, 2.75) is 31.7 Å². The van der Waals surface area contributed by atoms with Gasteiger partial charge in [0.15, 0.2) is 0 Å². The number of benzene rings is 1. The van der Waals surface area contributed by atoms with Crippen molar-refractivity contribution in [2.75, 3.05) is 26.1 Å². The molecule has 1 atom stereocenters. The molecule has 4 nitrogen and oxygen atoms in total. The third-order valence-electron chi connectivity index (χ3n) is 3.96. The molecule has 0 spiro atoms. The number of alkyl halides is 1. The van der Waals surface area contributed by atoms with Gasteiger partial charge in [0.05, 0.1) is 14.2 Å². The molecule has 1 aliphatic rings. The second-order valence-corrected chi connectivity index (χ2v) is 5.84. The molecule has 2 rings (SSSR count). The van der Waals surface area contributed by atoms with E-state index >= 15 is 0 Å². The van der Waals surface area contributed by atoms with E-state index in [9.17, 15) is 4.79 Å². The lowest BCUT2D eigenvalue weighted by Crippen LogP contribution is -2.41. The zero-order chi connectivity index (χ0) is 15.2. The van der Waals surface area contributed by atoms with Crippen molar-refractivity contribution in [1.82, 2.24) is 4.90 Å². The second kappa shape index (κ2) is 7.69. The monoisotopic (exact) mass is 355 g/mol. The van der Waals surface area contributed by atoms with Gasteiger partial charge in [0.2, 0.25) is 0 Å². The molecular weight excluding hydrogens is 334 g/mol. The van der Waals surface area contributed by atoms with Gasteiger partial charge >= 0.3 is 0 Å². The summed E-state index contributed by atoms with van der Waals surface area (Å²) in [7, 11) is 3.16. The summed E-state index contributed by atoms with van der Waals surface area (Å²) in [5.74, 6) is 1.13. The Morgan fingerprint density at radius 3 is 2.48 bits per heavy atom. The van der Waals surface area contributed by atoms with E-state index in [1.54, 1.807) is 26.4 Å². The van der Waals surface area contributed by atoms with E-state index in [2.05, 4.69) is 15.9 Å². The van der Waals surface area contributed by atoms with Gasteiger partial charge in [-0.1, -0.05) is 34.8 Å². The van der Waals surface area contributed by atoms with E-state index in [0.29, 0.717) is 17.1 Å². The number of halogens is 1. The molecule has 1 unspecified atom stereocenters. The maximum Gasteiger partial charge on any atom is 0.261 e. The first-order chi connectivity index (χ1) is 10.2. The zero-order valence-electron chi connectivity index (χ0n) is 12.6. The van der Waals surface area contributed by atoms with Crippen LogP contribution < -0.4 is 9.47 Å². The maximum absolute atomic E-state index is 13.0. The van der Waals surface area contributed by atoms with Crippen molar-refractivity contribution in [1.29, 1.82) is 0 Å². The van der Waals surface area contributed by atoms with E-state index in [4.69, 9.17) is 9.47 Å². The Bertz CT molecular complexity index is 470. The smallest absolute Gasteiger partial charge is 0.261 e. The lowest BCUT2D eigenvalue weighted by atomic mass is 10.1. The largest absolute Gasteiger partial charge is 0.496 e. The molecule has 1 amide bonds. The van der Waals surface area contributed by atoms with Gasteiger partial charge in [-0.05, 0) is 25.0 Å². The highest BCUT2D eigenvalue weighted by atomic mass is 79.9. The molecule has 0 N–H and O–H groups in total. The third kappa shape index (κ3) is 3.51. The highest BCUT2D eigenvalue weighted by Gasteiger charge is 2.29. The van der Waals surface area contributed by atoms with Crippen LogP contribution in [0.3, 0.4) is 0 Å². The van der Waals surface area contributed by atoms with E-state index in [1.165, 1.54) is 12.8 Å². The molecule has 1 aromatic carbocycles. The van der Waals surface area contributed by atoms with Gasteiger partial charge in [0, 0.05) is 17.9 Å². The Labute approximate surface area is 134 Å². The molecule has 1 fully saturated rings. The summed E-state index contributed by atoms with van der Waals surface area (Å²) in [4.78, 5) is 15.0. The van der Waals surface area contributed by atoms with Gasteiger partial charge < -0.3 is 14.4 Å². The van der Waals surface area contributed by atoms with Gasteiger partial charge in [-0.2, -0.15) is 0 Å². The number of amides is 1. The van der Waals surface area contributed by atoms with E-state index in [-0.39, 0.29) is 11.9 Å². The Balaban J connectivity index is 2.37. The number of carbonyl (C=O) groups excluding carboxylic acids is 1. The lowest BCUT2D eigenvalue weighted by molar-refractivity contribution is 0.0695. The molecular formula is C16H22BrNO3. The lowest BCUT2D eigenvalue weighted by Gasteiger charge is -2.29. The molecule has 1 aliphatic heterocycles. The normalized spacial score (nSPS) is 19.0. The van der Waals surface area contributed by atoms with Crippen LogP contribution in [0.2, 0.25) is 0 Å². The quantitative estimate of drug-likeness (QED) is 0.776. The van der Waals surface area contributed by atoms with Crippen LogP contribution in [0, 0.1) is 0 Å². The highest BCUT2D eigenvalue weighted by molar-refractivity contribution is 9.09. The predicted molar refractivity (Wildman–Crippen MR) is 86.6 cm³/mol. The summed E-state index contributed by atoms with van der Waals surface area (Å²) < 4.78 is 10.7. The molecule has 0 bridgehead atoms. The number of ether oxygens (including phenoxy) is 2. The van der Waals surface area contributed by atoms with E-state index < -0.39 is 0 Å². The van der Waals surface area contributed by atoms with Gasteiger partial charge in [-0.25, -0.2) is 0 Å². The second-order valence-electron chi connectivity index (χ2n) is 5.19. The SMILES string of the molecule is COc1cccc(OC)c1C(=O)N1CCCCCC1CBr. The molecule has 21 heavy (non-hydrogen) atoms. The first-order valence-corrected chi connectivity index (χ1v) is 8.43. The average molecular weight is 356 g/mol. The van der Waals surface area contributed by atoms with Crippen LogP contribution in [0.4, 0.5) is 0 Å². The summed E-state index contributed by atoms with van der Waals surface area (Å²) >= 11 is 3.54. The van der Waals surface area contributed by atoms with Crippen molar-refractivity contribution in [2.24, 2.45) is 0 Å². The van der Waals surface area contributed by atoms with Crippen LogP contribution in [0.1, 0.15) is 36.0 Å². The number of methoxy groups -OCH3 is 2. The number of likely N-dealkylation sites (tertiary alicyclic amines) is 1. The Morgan fingerprint density at radius 2 is 1.90 bits per heavy atom. The summed E-state index contributed by atoms with van der Waals surface area (Å²) in [6.45, 7) is 0.788. The van der Waals surface area contributed by atoms with Crippen LogP contribution in [-0.4, -0.2) is 42.9 Å². The number of carbonyl (C=O) groups is 1. The molecule has 0 aromatic heterocycles. The Hall–Kier alpha value is -1.23. The van der Waals surface area contributed by atoms with Crippen molar-refractivity contribution < 1.29 is 14.3 Å². The van der Waals surface area contributed by atoms with Crippen molar-refractivity contribution in [3.8, 4) is 11.5 Å². The third-order valence-corrected chi connectivity index (χ3v) is 4.71. The standard InChI is InChI=1S/C16H22BrNO3/c1-20-13-8-6-9-14(21-2)15(13)16(19)18-10-5-3-4-7-12(18)11-17/h6,8-9,12H,3-5,7,10-11H2,1-2H3. The minimum Gasteiger partial charge on any atom is -0.496 e. The van der Waals surface area contributed by atoms with Gasteiger partial charge in [-0.15, -0.1) is 0 Å². The van der Waals surface area contributed by atoms with E-state index in [0.717, 1.165) is 24.7 Å². The highest BCUT2D eigenvalue weighted by Crippen LogP contribution is 2.31. The minimum absolute atomic E-state index is 0.00403. The minimum atomic E-state index is -0.00403. The van der Waals surface area contributed by atoms with Crippen molar-refractivity contribution in [3.63, 3.8) is 0 Å². The van der Waals surface area contributed by atoms with Crippen molar-refractivity contribution >= 4 is 21.8 Å². The first-order valence-electron chi connectivity index (χ1n) is 7.30. The van der Waals surface area contributed by atoms with Crippen molar-refractivity contribution in [3.05, 3.63) is 23.8 Å². The number of hydrogen-bond donors (Lipinski definition) is 0. The summed E-state index contributed by atoms with van der Waals surface area (Å²) in [5, 5.41) is 0.802. The van der Waals surface area contributed by atoms with Crippen LogP contribution >= 0.6 is 15.9 Å². The molecule has 0 saturated carbocycles. The first kappa shape index (κ1) is 16.1. The molecule has 0 aliphatic carbocycles. The predicted octanol–water partition coefficient (Wildman–Crippen LogP) is 3.48. The zero-order valence-corrected chi connectivity index (χ0v) is 14.2. The molecule has 1 aromatic rings. The average Bonchev–Trinajstić information content (AvgIpc) is 2.78. The topological polar surface area (TPSA) is 38.8 Å². The molecule has 0 radical (unpaired) electrons. The van der Waals surface area contributed by atoms with Crippen LogP contribution in [0.5, 0.6) is 11.5 Å². The Kier molecular flexibility index (Phi) is 5.91.